The standard InChI is InChI=1S/C21H20BrN3O/c22-17-7-8-18-19(9-10-23-20(18)12-17)24-13-15-3-5-16(6-4-15)14-25-11-1-2-21(25)26/h3-10,12H,1-2,11,13-14H2,(H,23,24). The lowest BCUT2D eigenvalue weighted by atomic mass is 10.1. The highest BCUT2D eigenvalue weighted by Gasteiger charge is 2.19. The van der Waals surface area contributed by atoms with Crippen LogP contribution in [0, 0.1) is 0 Å². The van der Waals surface area contributed by atoms with E-state index in [0.29, 0.717) is 6.42 Å². The molecule has 1 aliphatic rings. The molecule has 0 unspecified atom stereocenters. The largest absolute Gasteiger partial charge is 0.380 e. The number of nitrogens with zero attached hydrogens (tertiary/aromatic N) is 2. The molecule has 1 fully saturated rings. The first-order valence-electron chi connectivity index (χ1n) is 8.83. The molecule has 1 aliphatic heterocycles. The van der Waals surface area contributed by atoms with E-state index < -0.39 is 0 Å². The fourth-order valence-electron chi connectivity index (χ4n) is 3.33. The average Bonchev–Trinajstić information content (AvgIpc) is 3.05. The summed E-state index contributed by atoms with van der Waals surface area (Å²) in [6.07, 6.45) is 3.50. The van der Waals surface area contributed by atoms with Crippen molar-refractivity contribution in [2.75, 3.05) is 11.9 Å². The van der Waals surface area contributed by atoms with Crippen LogP contribution >= 0.6 is 15.9 Å². The Morgan fingerprint density at radius 3 is 2.65 bits per heavy atom. The summed E-state index contributed by atoms with van der Waals surface area (Å²) < 4.78 is 1.03. The van der Waals surface area contributed by atoms with Crippen molar-refractivity contribution in [3.63, 3.8) is 0 Å². The highest BCUT2D eigenvalue weighted by atomic mass is 79.9. The lowest BCUT2D eigenvalue weighted by molar-refractivity contribution is -0.128. The SMILES string of the molecule is O=C1CCCN1Cc1ccc(CNc2ccnc3cc(Br)ccc23)cc1. The van der Waals surface area contributed by atoms with Crippen molar-refractivity contribution in [2.45, 2.75) is 25.9 Å². The van der Waals surface area contributed by atoms with Gasteiger partial charge < -0.3 is 10.2 Å². The lowest BCUT2D eigenvalue weighted by Gasteiger charge is -2.16. The number of pyridine rings is 1. The highest BCUT2D eigenvalue weighted by molar-refractivity contribution is 9.10. The van der Waals surface area contributed by atoms with Gasteiger partial charge in [-0.3, -0.25) is 9.78 Å². The average molecular weight is 410 g/mol. The Labute approximate surface area is 161 Å². The van der Waals surface area contributed by atoms with Crippen LogP contribution in [0.25, 0.3) is 10.9 Å². The molecular weight excluding hydrogens is 390 g/mol. The molecule has 1 amide bonds. The van der Waals surface area contributed by atoms with Crippen LogP contribution in [-0.4, -0.2) is 22.3 Å². The number of rotatable bonds is 5. The van der Waals surface area contributed by atoms with E-state index in [-0.39, 0.29) is 5.91 Å². The van der Waals surface area contributed by atoms with Gasteiger partial charge in [0.05, 0.1) is 5.52 Å². The van der Waals surface area contributed by atoms with Gasteiger partial charge >= 0.3 is 0 Å². The maximum absolute atomic E-state index is 11.7. The van der Waals surface area contributed by atoms with Crippen LogP contribution in [0.5, 0.6) is 0 Å². The van der Waals surface area contributed by atoms with Gasteiger partial charge in [-0.05, 0) is 41.8 Å². The van der Waals surface area contributed by atoms with Gasteiger partial charge in [-0.2, -0.15) is 0 Å². The van der Waals surface area contributed by atoms with Crippen molar-refractivity contribution < 1.29 is 4.79 Å². The van der Waals surface area contributed by atoms with Gasteiger partial charge in [0.1, 0.15) is 0 Å². The summed E-state index contributed by atoms with van der Waals surface area (Å²) in [5, 5.41) is 4.61. The Kier molecular flexibility index (Phi) is 4.89. The summed E-state index contributed by atoms with van der Waals surface area (Å²) in [5.41, 5.74) is 4.44. The predicted molar refractivity (Wildman–Crippen MR) is 108 cm³/mol. The minimum Gasteiger partial charge on any atom is -0.380 e. The molecule has 2 heterocycles. The van der Waals surface area contributed by atoms with Gasteiger partial charge in [-0.1, -0.05) is 40.2 Å². The first kappa shape index (κ1) is 17.0. The van der Waals surface area contributed by atoms with Crippen molar-refractivity contribution in [1.29, 1.82) is 0 Å². The number of fused-ring (bicyclic) bond motifs is 1. The molecule has 1 aromatic heterocycles. The fourth-order valence-corrected chi connectivity index (χ4v) is 3.68. The molecule has 132 valence electrons. The third-order valence-electron chi connectivity index (χ3n) is 4.76. The first-order chi connectivity index (χ1) is 12.7. The third-order valence-corrected chi connectivity index (χ3v) is 5.25. The zero-order chi connectivity index (χ0) is 17.9. The zero-order valence-corrected chi connectivity index (χ0v) is 16.0. The minimum atomic E-state index is 0.270. The van der Waals surface area contributed by atoms with Crippen LogP contribution in [0.15, 0.2) is 59.2 Å². The van der Waals surface area contributed by atoms with Crippen molar-refractivity contribution in [2.24, 2.45) is 0 Å². The predicted octanol–water partition coefficient (Wildman–Crippen LogP) is 4.73. The van der Waals surface area contributed by atoms with Crippen molar-refractivity contribution in [3.05, 3.63) is 70.3 Å². The van der Waals surface area contributed by atoms with E-state index in [0.717, 1.165) is 47.1 Å². The molecule has 0 radical (unpaired) electrons. The van der Waals surface area contributed by atoms with E-state index in [1.807, 2.05) is 29.3 Å². The quantitative estimate of drug-likeness (QED) is 0.662. The van der Waals surface area contributed by atoms with Crippen molar-refractivity contribution >= 4 is 38.4 Å². The highest BCUT2D eigenvalue weighted by Crippen LogP contribution is 2.25. The fraction of sp³-hybridized carbons (Fsp3) is 0.238. The molecule has 3 aromatic rings. The molecule has 26 heavy (non-hydrogen) atoms. The molecule has 5 heteroatoms. The maximum Gasteiger partial charge on any atom is 0.222 e. The summed E-state index contributed by atoms with van der Waals surface area (Å²) in [7, 11) is 0. The molecule has 0 atom stereocenters. The van der Waals surface area contributed by atoms with E-state index in [1.54, 1.807) is 0 Å². The molecule has 1 saturated heterocycles. The zero-order valence-electron chi connectivity index (χ0n) is 14.4. The van der Waals surface area contributed by atoms with Gasteiger partial charge in [0.2, 0.25) is 5.91 Å². The molecule has 0 aliphatic carbocycles. The molecule has 2 aromatic carbocycles. The van der Waals surface area contributed by atoms with E-state index in [4.69, 9.17) is 0 Å². The number of nitrogens with one attached hydrogen (secondary N) is 1. The van der Waals surface area contributed by atoms with Crippen LogP contribution in [-0.2, 0) is 17.9 Å². The summed E-state index contributed by atoms with van der Waals surface area (Å²) >= 11 is 3.49. The molecule has 0 spiro atoms. The first-order valence-corrected chi connectivity index (χ1v) is 9.62. The van der Waals surface area contributed by atoms with Crippen LogP contribution < -0.4 is 5.32 Å². The number of halogens is 1. The molecule has 1 N–H and O–H groups in total. The smallest absolute Gasteiger partial charge is 0.222 e. The van der Waals surface area contributed by atoms with Crippen LogP contribution in [0.4, 0.5) is 5.69 Å². The molecule has 0 bridgehead atoms. The Morgan fingerprint density at radius 2 is 1.88 bits per heavy atom. The number of likely N-dealkylation sites (tertiary alicyclic amines) is 1. The van der Waals surface area contributed by atoms with E-state index in [1.165, 1.54) is 11.1 Å². The van der Waals surface area contributed by atoms with Crippen LogP contribution in [0.2, 0.25) is 0 Å². The number of carbonyl (C=O) groups is 1. The molecule has 4 rings (SSSR count). The number of aromatic nitrogens is 1. The van der Waals surface area contributed by atoms with E-state index in [9.17, 15) is 4.79 Å². The molecule has 4 nitrogen and oxygen atoms in total. The van der Waals surface area contributed by atoms with Crippen LogP contribution in [0.3, 0.4) is 0 Å². The second-order valence-electron chi connectivity index (χ2n) is 6.61. The Bertz CT molecular complexity index is 940. The number of anilines is 1. The second-order valence-corrected chi connectivity index (χ2v) is 7.52. The van der Waals surface area contributed by atoms with Crippen molar-refractivity contribution in [3.8, 4) is 0 Å². The van der Waals surface area contributed by atoms with Gasteiger partial charge in [0.15, 0.2) is 0 Å². The third kappa shape index (κ3) is 3.73. The summed E-state index contributed by atoms with van der Waals surface area (Å²) in [5.74, 6) is 0.270. The van der Waals surface area contributed by atoms with Crippen molar-refractivity contribution in [1.82, 2.24) is 9.88 Å². The second kappa shape index (κ2) is 7.46. The molecular formula is C21H20BrN3O. The summed E-state index contributed by atoms with van der Waals surface area (Å²) in [4.78, 5) is 18.1. The van der Waals surface area contributed by atoms with Gasteiger partial charge in [-0.25, -0.2) is 0 Å². The Balaban J connectivity index is 1.43. The summed E-state index contributed by atoms with van der Waals surface area (Å²) in [6.45, 7) is 2.35. The number of benzene rings is 2. The normalized spacial score (nSPS) is 14.2. The van der Waals surface area contributed by atoms with Gasteiger partial charge in [0.25, 0.3) is 0 Å². The van der Waals surface area contributed by atoms with Gasteiger partial charge in [0, 0.05) is 47.8 Å². The lowest BCUT2D eigenvalue weighted by Crippen LogP contribution is -2.23. The number of amides is 1. The monoisotopic (exact) mass is 409 g/mol. The molecule has 0 saturated carbocycles. The Morgan fingerprint density at radius 1 is 1.08 bits per heavy atom. The topological polar surface area (TPSA) is 45.2 Å². The summed E-state index contributed by atoms with van der Waals surface area (Å²) in [6, 6.07) is 16.6. The minimum absolute atomic E-state index is 0.270. The van der Waals surface area contributed by atoms with Gasteiger partial charge in [-0.15, -0.1) is 0 Å². The van der Waals surface area contributed by atoms with E-state index >= 15 is 0 Å². The van der Waals surface area contributed by atoms with Crippen LogP contribution in [0.1, 0.15) is 24.0 Å². The maximum atomic E-state index is 11.7. The number of hydrogen-bond donors (Lipinski definition) is 1. The number of hydrogen-bond acceptors (Lipinski definition) is 3. The number of carbonyl (C=O) groups excluding carboxylic acids is 1. The van der Waals surface area contributed by atoms with E-state index in [2.05, 4.69) is 56.6 Å². The Hall–Kier alpha value is -2.40.